The summed E-state index contributed by atoms with van der Waals surface area (Å²) in [6.07, 6.45) is -0.573. The number of nitrogens with zero attached hydrogens (tertiary/aromatic N) is 1. The molecule has 180 valence electrons. The minimum absolute atomic E-state index is 0.0243. The van der Waals surface area contributed by atoms with E-state index in [9.17, 15) is 14.4 Å². The molecule has 0 N–H and O–H groups in total. The molecule has 0 aromatic carbocycles. The standard InChI is InChI=1S/C22H41NO7Si/c1-11-27-18(24)17(19(25)28-12-2)16-13-15(30-31(9,10)22(6,7)8)14-23(16)20(26)29-21(3,4)5/h15-17H,11-14H2,1-10H3/t15-,16+/m1/s1. The third-order valence-electron chi connectivity index (χ3n) is 5.67. The highest BCUT2D eigenvalue weighted by molar-refractivity contribution is 6.74. The van der Waals surface area contributed by atoms with Gasteiger partial charge in [-0.25, -0.2) is 4.79 Å². The van der Waals surface area contributed by atoms with E-state index < -0.39 is 43.9 Å². The molecule has 1 rings (SSSR count). The predicted octanol–water partition coefficient (Wildman–Crippen LogP) is 4.13. The van der Waals surface area contributed by atoms with Crippen molar-refractivity contribution in [1.82, 2.24) is 4.90 Å². The van der Waals surface area contributed by atoms with Gasteiger partial charge in [0.1, 0.15) is 5.60 Å². The fourth-order valence-corrected chi connectivity index (χ4v) is 4.58. The van der Waals surface area contributed by atoms with Gasteiger partial charge >= 0.3 is 18.0 Å². The first-order valence-corrected chi connectivity index (χ1v) is 14.0. The minimum Gasteiger partial charge on any atom is -0.465 e. The fraction of sp³-hybridized carbons (Fsp3) is 0.864. The SMILES string of the molecule is CCOC(=O)C(C(=O)OCC)[C@@H]1C[C@@H](O[Si](C)(C)C(C)(C)C)CN1C(=O)OC(C)(C)C. The van der Waals surface area contributed by atoms with E-state index in [2.05, 4.69) is 33.9 Å². The minimum atomic E-state index is -2.14. The Kier molecular flexibility index (Phi) is 9.14. The van der Waals surface area contributed by atoms with E-state index in [1.807, 2.05) is 0 Å². The van der Waals surface area contributed by atoms with Crippen molar-refractivity contribution < 1.29 is 33.0 Å². The van der Waals surface area contributed by atoms with Gasteiger partial charge in [0.15, 0.2) is 14.2 Å². The number of ether oxygens (including phenoxy) is 3. The summed E-state index contributed by atoms with van der Waals surface area (Å²) in [5, 5.41) is -0.0243. The maximum atomic E-state index is 13.0. The van der Waals surface area contributed by atoms with Crippen molar-refractivity contribution >= 4 is 26.3 Å². The van der Waals surface area contributed by atoms with Crippen LogP contribution < -0.4 is 0 Å². The van der Waals surface area contributed by atoms with E-state index in [-0.39, 0.29) is 30.9 Å². The zero-order valence-corrected chi connectivity index (χ0v) is 21.9. The highest BCUT2D eigenvalue weighted by atomic mass is 28.4. The predicted molar refractivity (Wildman–Crippen MR) is 120 cm³/mol. The molecule has 1 heterocycles. The molecule has 0 unspecified atom stereocenters. The van der Waals surface area contributed by atoms with Gasteiger partial charge in [0.25, 0.3) is 0 Å². The summed E-state index contributed by atoms with van der Waals surface area (Å²) in [7, 11) is -2.14. The normalized spacial score (nSPS) is 20.0. The van der Waals surface area contributed by atoms with Gasteiger partial charge < -0.3 is 23.5 Å². The lowest BCUT2D eigenvalue weighted by Gasteiger charge is -2.38. The number of hydrogen-bond donors (Lipinski definition) is 0. The molecule has 8 nitrogen and oxygen atoms in total. The topological polar surface area (TPSA) is 91.4 Å². The molecule has 0 saturated carbocycles. The average Bonchev–Trinajstić information content (AvgIpc) is 2.95. The van der Waals surface area contributed by atoms with Crippen molar-refractivity contribution in [2.24, 2.45) is 5.92 Å². The maximum Gasteiger partial charge on any atom is 0.410 e. The molecular formula is C22H41NO7Si. The summed E-state index contributed by atoms with van der Waals surface area (Å²) in [5.41, 5.74) is -0.719. The van der Waals surface area contributed by atoms with Crippen LogP contribution in [-0.2, 0) is 28.2 Å². The Bertz CT molecular complexity index is 633. The van der Waals surface area contributed by atoms with E-state index in [4.69, 9.17) is 18.6 Å². The van der Waals surface area contributed by atoms with E-state index in [0.29, 0.717) is 6.42 Å². The molecule has 0 aliphatic carbocycles. The second-order valence-corrected chi connectivity index (χ2v) is 15.2. The van der Waals surface area contributed by atoms with E-state index in [0.717, 1.165) is 0 Å². The van der Waals surface area contributed by atoms with Crippen LogP contribution in [0, 0.1) is 5.92 Å². The summed E-state index contributed by atoms with van der Waals surface area (Å²) in [5.74, 6) is -2.65. The van der Waals surface area contributed by atoms with Crippen LogP contribution in [0.2, 0.25) is 18.1 Å². The van der Waals surface area contributed by atoms with E-state index in [1.165, 1.54) is 4.90 Å². The summed E-state index contributed by atoms with van der Waals surface area (Å²) in [6.45, 7) is 19.8. The van der Waals surface area contributed by atoms with Gasteiger partial charge in [0, 0.05) is 6.54 Å². The Labute approximate surface area is 188 Å². The van der Waals surface area contributed by atoms with Gasteiger partial charge in [0.2, 0.25) is 0 Å². The van der Waals surface area contributed by atoms with Gasteiger partial charge in [0.05, 0.1) is 25.4 Å². The van der Waals surface area contributed by atoms with Gasteiger partial charge in [-0.05, 0) is 59.2 Å². The van der Waals surface area contributed by atoms with Crippen LogP contribution in [0.25, 0.3) is 0 Å². The molecule has 2 atom stereocenters. The molecule has 1 fully saturated rings. The lowest BCUT2D eigenvalue weighted by Crippen LogP contribution is -2.48. The van der Waals surface area contributed by atoms with Crippen LogP contribution in [0.15, 0.2) is 0 Å². The number of esters is 2. The van der Waals surface area contributed by atoms with Gasteiger partial charge in [-0.2, -0.15) is 0 Å². The number of amides is 1. The molecule has 1 saturated heterocycles. The first kappa shape index (κ1) is 27.4. The summed E-state index contributed by atoms with van der Waals surface area (Å²) >= 11 is 0. The van der Waals surface area contributed by atoms with Crippen LogP contribution >= 0.6 is 0 Å². The zero-order chi connectivity index (χ0) is 24.2. The highest BCUT2D eigenvalue weighted by Crippen LogP contribution is 2.40. The number of carbonyl (C=O) groups excluding carboxylic acids is 3. The van der Waals surface area contributed by atoms with Crippen molar-refractivity contribution in [1.29, 1.82) is 0 Å². The van der Waals surface area contributed by atoms with Gasteiger partial charge in [-0.15, -0.1) is 0 Å². The van der Waals surface area contributed by atoms with Crippen LogP contribution in [0.5, 0.6) is 0 Å². The molecule has 9 heteroatoms. The number of carbonyl (C=O) groups is 3. The molecule has 0 bridgehead atoms. The smallest absolute Gasteiger partial charge is 0.410 e. The first-order chi connectivity index (χ1) is 14.0. The Morgan fingerprint density at radius 1 is 0.968 bits per heavy atom. The fourth-order valence-electron chi connectivity index (χ4n) is 3.23. The maximum absolute atomic E-state index is 13.0. The second kappa shape index (κ2) is 10.3. The van der Waals surface area contributed by atoms with Gasteiger partial charge in [-0.3, -0.25) is 9.59 Å². The quantitative estimate of drug-likeness (QED) is 0.245. The van der Waals surface area contributed by atoms with Crippen molar-refractivity contribution in [2.75, 3.05) is 19.8 Å². The molecular weight excluding hydrogens is 418 g/mol. The Hall–Kier alpha value is -1.61. The molecule has 0 aromatic rings. The monoisotopic (exact) mass is 459 g/mol. The second-order valence-electron chi connectivity index (χ2n) is 10.4. The molecule has 0 aromatic heterocycles. The van der Waals surface area contributed by atoms with Crippen molar-refractivity contribution in [3.05, 3.63) is 0 Å². The summed E-state index contributed by atoms with van der Waals surface area (Å²) in [6, 6.07) is -0.761. The van der Waals surface area contributed by atoms with Crippen LogP contribution in [-0.4, -0.2) is 68.8 Å². The number of rotatable bonds is 7. The third-order valence-corrected chi connectivity index (χ3v) is 10.2. The molecule has 1 aliphatic rings. The lowest BCUT2D eigenvalue weighted by molar-refractivity contribution is -0.164. The molecule has 0 radical (unpaired) electrons. The highest BCUT2D eigenvalue weighted by Gasteiger charge is 2.51. The number of likely N-dealkylation sites (tertiary alicyclic amines) is 1. The molecule has 31 heavy (non-hydrogen) atoms. The van der Waals surface area contributed by atoms with Crippen molar-refractivity contribution in [2.45, 2.75) is 97.7 Å². The first-order valence-electron chi connectivity index (χ1n) is 11.0. The third kappa shape index (κ3) is 7.48. The Morgan fingerprint density at radius 3 is 1.84 bits per heavy atom. The zero-order valence-electron chi connectivity index (χ0n) is 20.9. The van der Waals surface area contributed by atoms with Crippen LogP contribution in [0.1, 0.15) is 61.8 Å². The molecule has 1 amide bonds. The molecule has 1 aliphatic heterocycles. The number of hydrogen-bond acceptors (Lipinski definition) is 7. The Balaban J connectivity index is 3.29. The average molecular weight is 460 g/mol. The van der Waals surface area contributed by atoms with Crippen molar-refractivity contribution in [3.63, 3.8) is 0 Å². The van der Waals surface area contributed by atoms with Crippen LogP contribution in [0.4, 0.5) is 4.79 Å². The largest absolute Gasteiger partial charge is 0.465 e. The molecule has 0 spiro atoms. The summed E-state index contributed by atoms with van der Waals surface area (Å²) in [4.78, 5) is 39.9. The van der Waals surface area contributed by atoms with E-state index in [1.54, 1.807) is 34.6 Å². The summed E-state index contributed by atoms with van der Waals surface area (Å²) < 4.78 is 22.4. The van der Waals surface area contributed by atoms with E-state index >= 15 is 0 Å². The van der Waals surface area contributed by atoms with Crippen molar-refractivity contribution in [3.8, 4) is 0 Å². The van der Waals surface area contributed by atoms with Crippen LogP contribution in [0.3, 0.4) is 0 Å². The van der Waals surface area contributed by atoms with Gasteiger partial charge in [-0.1, -0.05) is 20.8 Å². The lowest BCUT2D eigenvalue weighted by atomic mass is 9.97. The Morgan fingerprint density at radius 2 is 1.45 bits per heavy atom.